The first-order valence-electron chi connectivity index (χ1n) is 38.3. The van der Waals surface area contributed by atoms with Crippen molar-refractivity contribution < 1.29 is 24.5 Å². The molecule has 0 heterocycles. The number of hydrogen-bond donors (Lipinski definition) is 3. The summed E-state index contributed by atoms with van der Waals surface area (Å²) in [7, 11) is 0. The first-order chi connectivity index (χ1) is 41.5. The predicted molar refractivity (Wildman–Crippen MR) is 370 cm³/mol. The summed E-state index contributed by atoms with van der Waals surface area (Å²) >= 11 is 0. The van der Waals surface area contributed by atoms with E-state index >= 15 is 0 Å². The van der Waals surface area contributed by atoms with Gasteiger partial charge >= 0.3 is 5.97 Å². The molecule has 0 bridgehead atoms. The highest BCUT2D eigenvalue weighted by molar-refractivity contribution is 5.76. The second kappa shape index (κ2) is 73.5. The third-order valence-electron chi connectivity index (χ3n) is 17.9. The maximum absolute atomic E-state index is 12.5. The van der Waals surface area contributed by atoms with Crippen molar-refractivity contribution in [3.05, 3.63) is 36.5 Å². The highest BCUT2D eigenvalue weighted by atomic mass is 16.5. The Morgan fingerprint density at radius 3 is 0.905 bits per heavy atom. The summed E-state index contributed by atoms with van der Waals surface area (Å²) < 4.78 is 5.51. The van der Waals surface area contributed by atoms with Crippen LogP contribution in [0.5, 0.6) is 0 Å². The van der Waals surface area contributed by atoms with Crippen molar-refractivity contribution in [2.24, 2.45) is 0 Å². The van der Waals surface area contributed by atoms with Crippen LogP contribution >= 0.6 is 0 Å². The van der Waals surface area contributed by atoms with Crippen LogP contribution in [0.2, 0.25) is 0 Å². The van der Waals surface area contributed by atoms with Crippen LogP contribution in [-0.4, -0.2) is 47.4 Å². The van der Waals surface area contributed by atoms with Gasteiger partial charge in [0, 0.05) is 12.8 Å². The van der Waals surface area contributed by atoms with Crippen molar-refractivity contribution in [2.45, 2.75) is 437 Å². The molecule has 0 aromatic heterocycles. The minimum absolute atomic E-state index is 0.0194. The van der Waals surface area contributed by atoms with Crippen LogP contribution in [0, 0.1) is 0 Å². The van der Waals surface area contributed by atoms with Gasteiger partial charge in [-0.05, 0) is 64.2 Å². The zero-order chi connectivity index (χ0) is 60.6. The van der Waals surface area contributed by atoms with Crippen LogP contribution in [0.4, 0.5) is 0 Å². The monoisotopic (exact) mass is 1180 g/mol. The molecule has 0 aromatic carbocycles. The number of aliphatic hydroxyl groups excluding tert-OH is 2. The van der Waals surface area contributed by atoms with E-state index in [-0.39, 0.29) is 18.5 Å². The Morgan fingerprint density at radius 2 is 0.595 bits per heavy atom. The fourth-order valence-electron chi connectivity index (χ4n) is 12.1. The number of esters is 1. The molecule has 0 radical (unpaired) electrons. The first-order valence-corrected chi connectivity index (χ1v) is 38.3. The van der Waals surface area contributed by atoms with Gasteiger partial charge in [-0.3, -0.25) is 9.59 Å². The molecule has 6 heteroatoms. The minimum atomic E-state index is -0.843. The molecule has 0 saturated carbocycles. The molecule has 0 aliphatic heterocycles. The Morgan fingerprint density at radius 1 is 0.333 bits per heavy atom. The SMILES string of the molecule is CCCCCCCCCCCCCCC/C=C/C(O)C(CO)NC(=O)CCCCCCCCCCCCCCCCCCC/C=C\C/C=C\CCCCCCCCCCCOC(=O)CCCCCCCCCCCCCCCCCCCCC. The van der Waals surface area contributed by atoms with Crippen molar-refractivity contribution in [3.8, 4) is 0 Å². The maximum Gasteiger partial charge on any atom is 0.305 e. The number of carbonyl (C=O) groups excluding carboxylic acids is 2. The van der Waals surface area contributed by atoms with E-state index in [1.54, 1.807) is 6.08 Å². The first kappa shape index (κ1) is 82.1. The number of aliphatic hydroxyl groups is 2. The molecule has 84 heavy (non-hydrogen) atoms. The van der Waals surface area contributed by atoms with E-state index in [9.17, 15) is 19.8 Å². The van der Waals surface area contributed by atoms with Gasteiger partial charge < -0.3 is 20.3 Å². The smallest absolute Gasteiger partial charge is 0.305 e. The largest absolute Gasteiger partial charge is 0.466 e. The Labute approximate surface area is 525 Å². The fraction of sp³-hybridized carbons (Fsp3) is 0.897. The number of carbonyl (C=O) groups is 2. The number of hydrogen-bond acceptors (Lipinski definition) is 5. The van der Waals surface area contributed by atoms with Gasteiger partial charge in [0.05, 0.1) is 25.4 Å². The number of nitrogens with one attached hydrogen (secondary N) is 1. The summed E-state index contributed by atoms with van der Waals surface area (Å²) in [5.41, 5.74) is 0. The van der Waals surface area contributed by atoms with E-state index < -0.39 is 12.1 Å². The lowest BCUT2D eigenvalue weighted by Gasteiger charge is -2.20. The van der Waals surface area contributed by atoms with Gasteiger partial charge in [0.25, 0.3) is 0 Å². The molecule has 2 unspecified atom stereocenters. The summed E-state index contributed by atoms with van der Waals surface area (Å²) in [5.74, 6) is -0.0443. The van der Waals surface area contributed by atoms with Gasteiger partial charge in [0.15, 0.2) is 0 Å². The molecule has 0 aromatic rings. The minimum Gasteiger partial charge on any atom is -0.466 e. The van der Waals surface area contributed by atoms with Gasteiger partial charge in [-0.2, -0.15) is 0 Å². The van der Waals surface area contributed by atoms with Gasteiger partial charge in [0.2, 0.25) is 5.91 Å². The lowest BCUT2D eigenvalue weighted by molar-refractivity contribution is -0.143. The Balaban J connectivity index is 3.37. The van der Waals surface area contributed by atoms with Crippen LogP contribution in [0.3, 0.4) is 0 Å². The summed E-state index contributed by atoms with van der Waals surface area (Å²) in [4.78, 5) is 24.6. The van der Waals surface area contributed by atoms with Crippen molar-refractivity contribution in [2.75, 3.05) is 13.2 Å². The third kappa shape index (κ3) is 69.2. The molecule has 0 aliphatic carbocycles. The summed E-state index contributed by atoms with van der Waals surface area (Å²) in [6.45, 7) is 4.94. The standard InChI is InChI=1S/C78H149NO5/c1-3-5-7-9-11-13-15-17-19-20-36-40-44-48-52-56-60-64-68-72-78(83)84-73-69-65-61-57-53-49-45-41-38-35-33-31-29-27-25-23-21-22-24-26-28-30-32-34-37-39-43-47-51-55-59-63-67-71-77(82)79-75(74-80)76(81)70-66-62-58-54-50-46-42-18-16-14-12-10-8-6-4-2/h25,27,31,33,66,70,75-76,80-81H,3-24,26,28-30,32,34-65,67-69,71-74H2,1-2H3,(H,79,82)/b27-25-,33-31-,70-66+. The highest BCUT2D eigenvalue weighted by Gasteiger charge is 2.18. The van der Waals surface area contributed by atoms with E-state index in [1.807, 2.05) is 6.08 Å². The number of unbranched alkanes of at least 4 members (excludes halogenated alkanes) is 57. The number of rotatable bonds is 72. The Kier molecular flexibility index (Phi) is 71.9. The number of allylic oxidation sites excluding steroid dienone is 5. The van der Waals surface area contributed by atoms with Crippen LogP contribution in [-0.2, 0) is 14.3 Å². The molecule has 0 saturated heterocycles. The van der Waals surface area contributed by atoms with Gasteiger partial charge in [-0.1, -0.05) is 384 Å². The van der Waals surface area contributed by atoms with Crippen molar-refractivity contribution in [3.63, 3.8) is 0 Å². The lowest BCUT2D eigenvalue weighted by Crippen LogP contribution is -2.45. The molecule has 3 N–H and O–H groups in total. The van der Waals surface area contributed by atoms with Gasteiger partial charge in [-0.15, -0.1) is 0 Å². The van der Waals surface area contributed by atoms with E-state index in [0.717, 1.165) is 44.9 Å². The topological polar surface area (TPSA) is 95.9 Å². The zero-order valence-electron chi connectivity index (χ0n) is 56.9. The molecular formula is C78H149NO5. The maximum atomic E-state index is 12.5. The van der Waals surface area contributed by atoms with Gasteiger partial charge in [0.1, 0.15) is 0 Å². The zero-order valence-corrected chi connectivity index (χ0v) is 56.9. The molecule has 0 spiro atoms. The average Bonchev–Trinajstić information content (AvgIpc) is 3.51. The molecule has 6 nitrogen and oxygen atoms in total. The molecule has 0 aliphatic rings. The van der Waals surface area contributed by atoms with Gasteiger partial charge in [-0.25, -0.2) is 0 Å². The van der Waals surface area contributed by atoms with Crippen LogP contribution < -0.4 is 5.32 Å². The molecule has 0 rings (SSSR count). The summed E-state index contributed by atoms with van der Waals surface area (Å²) in [6.07, 6.45) is 95.4. The van der Waals surface area contributed by atoms with Crippen LogP contribution in [0.1, 0.15) is 425 Å². The average molecular weight is 1180 g/mol. The van der Waals surface area contributed by atoms with E-state index in [0.29, 0.717) is 19.4 Å². The van der Waals surface area contributed by atoms with Crippen LogP contribution in [0.25, 0.3) is 0 Å². The van der Waals surface area contributed by atoms with E-state index in [4.69, 9.17) is 4.74 Å². The quantitative estimate of drug-likeness (QED) is 0.0320. The highest BCUT2D eigenvalue weighted by Crippen LogP contribution is 2.19. The fourth-order valence-corrected chi connectivity index (χ4v) is 12.1. The predicted octanol–water partition coefficient (Wildman–Crippen LogP) is 25.0. The van der Waals surface area contributed by atoms with E-state index in [2.05, 4.69) is 43.5 Å². The normalized spacial score (nSPS) is 12.7. The third-order valence-corrected chi connectivity index (χ3v) is 17.9. The Hall–Kier alpha value is -1.92. The molecule has 2 atom stereocenters. The van der Waals surface area contributed by atoms with Crippen LogP contribution in [0.15, 0.2) is 36.5 Å². The number of ether oxygens (including phenoxy) is 1. The summed E-state index contributed by atoms with van der Waals surface area (Å²) in [5, 5.41) is 23.2. The lowest BCUT2D eigenvalue weighted by atomic mass is 10.0. The Bertz CT molecular complexity index is 1360. The van der Waals surface area contributed by atoms with E-state index in [1.165, 1.54) is 353 Å². The second-order valence-corrected chi connectivity index (χ2v) is 26.3. The second-order valence-electron chi connectivity index (χ2n) is 26.3. The molecule has 496 valence electrons. The molecular weight excluding hydrogens is 1030 g/mol. The number of amides is 1. The summed E-state index contributed by atoms with van der Waals surface area (Å²) in [6, 6.07) is -0.626. The molecule has 1 amide bonds. The van der Waals surface area contributed by atoms with Crippen molar-refractivity contribution in [1.29, 1.82) is 0 Å². The molecule has 0 fully saturated rings. The van der Waals surface area contributed by atoms with Crippen molar-refractivity contribution >= 4 is 11.9 Å². The van der Waals surface area contributed by atoms with Crippen molar-refractivity contribution in [1.82, 2.24) is 5.32 Å².